The summed E-state index contributed by atoms with van der Waals surface area (Å²) >= 11 is 0. The van der Waals surface area contributed by atoms with Crippen molar-refractivity contribution in [1.29, 1.82) is 0 Å². The maximum absolute atomic E-state index is 12.7. The molecular weight excluding hydrogens is 656 g/mol. The quantitative estimate of drug-likeness (QED) is 0.0403. The Morgan fingerprint density at radius 1 is 0.442 bits per heavy atom. The number of carbonyl (C=O) groups excluding carboxylic acids is 2. The van der Waals surface area contributed by atoms with Crippen molar-refractivity contribution < 1.29 is 38.0 Å². The molecular formula is C44H54O8. The first kappa shape index (κ1) is 39.8. The Balaban J connectivity index is 0.998. The number of hydrogen-bond donors (Lipinski definition) is 0. The molecule has 8 nitrogen and oxygen atoms in total. The first-order chi connectivity index (χ1) is 25.5. The number of rotatable bonds is 24. The molecule has 4 rings (SSSR count). The van der Waals surface area contributed by atoms with Gasteiger partial charge in [0.15, 0.2) is 5.92 Å². The van der Waals surface area contributed by atoms with E-state index in [9.17, 15) is 9.59 Å². The van der Waals surface area contributed by atoms with Gasteiger partial charge in [0.2, 0.25) is 0 Å². The summed E-state index contributed by atoms with van der Waals surface area (Å²) in [4.78, 5) is 25.4. The molecule has 0 unspecified atom stereocenters. The lowest BCUT2D eigenvalue weighted by Gasteiger charge is -2.15. The molecule has 0 heterocycles. The number of methoxy groups -OCH3 is 2. The van der Waals surface area contributed by atoms with Crippen LogP contribution in [0.3, 0.4) is 0 Å². The Kier molecular flexibility index (Phi) is 17.4. The molecule has 4 aromatic rings. The Labute approximate surface area is 309 Å². The zero-order valence-electron chi connectivity index (χ0n) is 31.0. The van der Waals surface area contributed by atoms with Gasteiger partial charge in [-0.2, -0.15) is 0 Å². The SMILES string of the molecule is CCCC(C(=O)OCCCCCCOc1ccc(-c2ccc(OC)cc2)cc1)C(=O)OCCCCCCOc1ccc(-c2ccc(OC)cc2)cc1. The lowest BCUT2D eigenvalue weighted by Crippen LogP contribution is -2.28. The van der Waals surface area contributed by atoms with E-state index in [0.717, 1.165) is 96.6 Å². The van der Waals surface area contributed by atoms with Crippen molar-refractivity contribution in [2.24, 2.45) is 5.92 Å². The minimum Gasteiger partial charge on any atom is -0.497 e. The second kappa shape index (κ2) is 22.8. The molecule has 8 heteroatoms. The summed E-state index contributed by atoms with van der Waals surface area (Å²) in [5.74, 6) is 1.53. The van der Waals surface area contributed by atoms with E-state index in [2.05, 4.69) is 24.3 Å². The monoisotopic (exact) mass is 710 g/mol. The van der Waals surface area contributed by atoms with Crippen molar-refractivity contribution in [3.63, 3.8) is 0 Å². The van der Waals surface area contributed by atoms with Gasteiger partial charge in [-0.05, 0) is 129 Å². The molecule has 0 atom stereocenters. The average molecular weight is 711 g/mol. The van der Waals surface area contributed by atoms with Crippen LogP contribution in [0.1, 0.15) is 71.1 Å². The molecule has 0 saturated heterocycles. The summed E-state index contributed by atoms with van der Waals surface area (Å²) in [6.45, 7) is 3.80. The fourth-order valence-corrected chi connectivity index (χ4v) is 5.72. The zero-order valence-corrected chi connectivity index (χ0v) is 31.0. The molecule has 0 bridgehead atoms. The molecule has 0 aliphatic heterocycles. The highest BCUT2D eigenvalue weighted by molar-refractivity contribution is 5.94. The largest absolute Gasteiger partial charge is 0.497 e. The summed E-state index contributed by atoms with van der Waals surface area (Å²) in [6.07, 6.45) is 8.19. The van der Waals surface area contributed by atoms with Crippen molar-refractivity contribution in [3.05, 3.63) is 97.1 Å². The van der Waals surface area contributed by atoms with Crippen LogP contribution < -0.4 is 18.9 Å². The van der Waals surface area contributed by atoms with Crippen LogP contribution in [0.25, 0.3) is 22.3 Å². The highest BCUT2D eigenvalue weighted by atomic mass is 16.6. The first-order valence-corrected chi connectivity index (χ1v) is 18.6. The molecule has 0 aromatic heterocycles. The van der Waals surface area contributed by atoms with Gasteiger partial charge in [0.25, 0.3) is 0 Å². The Morgan fingerprint density at radius 3 is 1.06 bits per heavy atom. The van der Waals surface area contributed by atoms with Crippen LogP contribution in [-0.4, -0.2) is 52.6 Å². The van der Waals surface area contributed by atoms with Crippen LogP contribution >= 0.6 is 0 Å². The third-order valence-corrected chi connectivity index (χ3v) is 8.81. The molecule has 0 amide bonds. The van der Waals surface area contributed by atoms with Gasteiger partial charge in [0.1, 0.15) is 23.0 Å². The number of hydrogen-bond acceptors (Lipinski definition) is 8. The van der Waals surface area contributed by atoms with Crippen LogP contribution in [0.2, 0.25) is 0 Å². The summed E-state index contributed by atoms with van der Waals surface area (Å²) in [7, 11) is 3.32. The Morgan fingerprint density at radius 2 is 0.750 bits per heavy atom. The molecule has 0 fully saturated rings. The van der Waals surface area contributed by atoms with E-state index >= 15 is 0 Å². The van der Waals surface area contributed by atoms with Crippen LogP contribution in [0, 0.1) is 5.92 Å². The van der Waals surface area contributed by atoms with Crippen molar-refractivity contribution in [3.8, 4) is 45.3 Å². The number of ether oxygens (including phenoxy) is 6. The smallest absolute Gasteiger partial charge is 0.320 e. The maximum Gasteiger partial charge on any atom is 0.320 e. The standard InChI is InChI=1S/C44H54O8/c1-4-13-42(43(45)51-32-11-7-5-9-30-49-40-26-18-36(19-27-40)34-14-22-38(47-2)23-15-34)44(46)52-33-12-8-6-10-31-50-41-28-20-37(21-29-41)35-16-24-39(48-3)25-17-35/h14-29,42H,4-13,30-33H2,1-3H3. The van der Waals surface area contributed by atoms with Gasteiger partial charge in [0.05, 0.1) is 40.6 Å². The number of esters is 2. The summed E-state index contributed by atoms with van der Waals surface area (Å²) in [5, 5.41) is 0. The predicted molar refractivity (Wildman–Crippen MR) is 205 cm³/mol. The van der Waals surface area contributed by atoms with Gasteiger partial charge in [-0.3, -0.25) is 9.59 Å². The van der Waals surface area contributed by atoms with Gasteiger partial charge in [-0.15, -0.1) is 0 Å². The summed E-state index contributed by atoms with van der Waals surface area (Å²) in [5.41, 5.74) is 4.50. The second-order valence-corrected chi connectivity index (χ2v) is 12.7. The minimum atomic E-state index is -0.862. The fourth-order valence-electron chi connectivity index (χ4n) is 5.72. The van der Waals surface area contributed by atoms with E-state index in [0.29, 0.717) is 39.3 Å². The molecule has 4 aromatic carbocycles. The number of unbranched alkanes of at least 4 members (excludes halogenated alkanes) is 6. The van der Waals surface area contributed by atoms with E-state index in [4.69, 9.17) is 28.4 Å². The Hall–Kier alpha value is -4.98. The number of carbonyl (C=O) groups is 2. The lowest BCUT2D eigenvalue weighted by atomic mass is 10.0. The predicted octanol–water partition coefficient (Wildman–Crippen LogP) is 10.1. The lowest BCUT2D eigenvalue weighted by molar-refractivity contribution is -0.162. The molecule has 52 heavy (non-hydrogen) atoms. The van der Waals surface area contributed by atoms with E-state index in [1.54, 1.807) is 14.2 Å². The van der Waals surface area contributed by atoms with Crippen LogP contribution in [0.5, 0.6) is 23.0 Å². The average Bonchev–Trinajstić information content (AvgIpc) is 3.19. The fraction of sp³-hybridized carbons (Fsp3) is 0.409. The van der Waals surface area contributed by atoms with Gasteiger partial charge in [-0.1, -0.05) is 61.9 Å². The zero-order chi connectivity index (χ0) is 36.8. The molecule has 0 saturated carbocycles. The Bertz CT molecular complexity index is 1460. The maximum atomic E-state index is 12.7. The molecule has 278 valence electrons. The van der Waals surface area contributed by atoms with E-state index < -0.39 is 17.9 Å². The van der Waals surface area contributed by atoms with Crippen molar-refractivity contribution in [2.75, 3.05) is 40.6 Å². The minimum absolute atomic E-state index is 0.300. The van der Waals surface area contributed by atoms with Crippen LogP contribution in [0.15, 0.2) is 97.1 Å². The van der Waals surface area contributed by atoms with E-state index in [1.807, 2.05) is 79.7 Å². The van der Waals surface area contributed by atoms with Crippen LogP contribution in [-0.2, 0) is 19.1 Å². The molecule has 0 aliphatic rings. The van der Waals surface area contributed by atoms with Gasteiger partial charge in [-0.25, -0.2) is 0 Å². The normalized spacial score (nSPS) is 10.8. The van der Waals surface area contributed by atoms with Crippen molar-refractivity contribution in [1.82, 2.24) is 0 Å². The summed E-state index contributed by atoms with van der Waals surface area (Å²) < 4.78 is 33.2. The van der Waals surface area contributed by atoms with Gasteiger partial charge < -0.3 is 28.4 Å². The van der Waals surface area contributed by atoms with Crippen molar-refractivity contribution in [2.45, 2.75) is 71.1 Å². The topological polar surface area (TPSA) is 89.5 Å². The molecule has 0 N–H and O–H groups in total. The van der Waals surface area contributed by atoms with E-state index in [1.165, 1.54) is 0 Å². The number of benzene rings is 4. The van der Waals surface area contributed by atoms with Crippen molar-refractivity contribution >= 4 is 11.9 Å². The highest BCUT2D eigenvalue weighted by Gasteiger charge is 2.28. The summed E-state index contributed by atoms with van der Waals surface area (Å²) in [6, 6.07) is 32.1. The first-order valence-electron chi connectivity index (χ1n) is 18.6. The van der Waals surface area contributed by atoms with Crippen LogP contribution in [0.4, 0.5) is 0 Å². The molecule has 0 aliphatic carbocycles. The van der Waals surface area contributed by atoms with E-state index in [-0.39, 0.29) is 0 Å². The van der Waals surface area contributed by atoms with Gasteiger partial charge >= 0.3 is 11.9 Å². The third kappa shape index (κ3) is 13.6. The molecule has 0 radical (unpaired) electrons. The second-order valence-electron chi connectivity index (χ2n) is 12.7. The molecule has 0 spiro atoms. The highest BCUT2D eigenvalue weighted by Crippen LogP contribution is 2.26. The van der Waals surface area contributed by atoms with Gasteiger partial charge in [0, 0.05) is 0 Å². The third-order valence-electron chi connectivity index (χ3n) is 8.81.